The van der Waals surface area contributed by atoms with E-state index in [1.165, 1.54) is 18.6 Å². The number of ether oxygens (including phenoxy) is 1. The van der Waals surface area contributed by atoms with Crippen molar-refractivity contribution < 1.29 is 13.9 Å². The normalized spacial score (nSPS) is 10.2. The zero-order valence-electron chi connectivity index (χ0n) is 15.0. The summed E-state index contributed by atoms with van der Waals surface area (Å²) < 4.78 is 20.7. The number of carbonyl (C=O) groups excluding carboxylic acids is 1. The molecule has 4 aromatic heterocycles. The number of pyridine rings is 3. The molecule has 0 unspecified atom stereocenters. The zero-order chi connectivity index (χ0) is 20.8. The number of aryl methyl sites for hydroxylation is 1. The molecule has 0 saturated carbocycles. The molecule has 0 aliphatic heterocycles. The van der Waals surface area contributed by atoms with Crippen LogP contribution < -0.4 is 10.1 Å². The Hall–Kier alpha value is -3.31. The zero-order valence-corrected chi connectivity index (χ0v) is 16.7. The molecule has 4 rings (SSSR count). The third kappa shape index (κ3) is 5.59. The average Bonchev–Trinajstić information content (AvgIpc) is 3.11. The molecule has 29 heavy (non-hydrogen) atoms. The highest BCUT2D eigenvalue weighted by Gasteiger charge is 2.05. The first-order chi connectivity index (χ1) is 13.9. The number of nitrogens with zero attached hydrogens (tertiary/aromatic N) is 4. The number of anilines is 1. The number of carbonyl (C=O) groups is 1. The fraction of sp³-hybridized carbons (Fsp3) is 0.0556. The second-order valence-electron chi connectivity index (χ2n) is 5.71. The first-order valence-electron chi connectivity index (χ1n) is 8.16. The first-order valence-corrected chi connectivity index (χ1v) is 9.02. The van der Waals surface area contributed by atoms with Crippen LogP contribution >= 0.6 is 24.8 Å². The fourth-order valence-electron chi connectivity index (χ4n) is 2.37. The van der Waals surface area contributed by atoms with Crippen LogP contribution in [0, 0.1) is 17.4 Å². The van der Waals surface area contributed by atoms with E-state index < -0.39 is 5.82 Å². The number of amides is 1. The molecule has 0 saturated heterocycles. The van der Waals surface area contributed by atoms with E-state index >= 15 is 0 Å². The number of nitrogens with one attached hydrogen (secondary N) is 2. The van der Waals surface area contributed by atoms with Crippen molar-refractivity contribution in [2.24, 2.45) is 0 Å². The molecule has 11 heteroatoms. The highest BCUT2D eigenvalue weighted by molar-refractivity contribution is 7.80. The lowest BCUT2D eigenvalue weighted by Gasteiger charge is -2.06. The van der Waals surface area contributed by atoms with E-state index in [1.54, 1.807) is 22.8 Å². The van der Waals surface area contributed by atoms with Crippen LogP contribution in [0.4, 0.5) is 10.2 Å². The monoisotopic (exact) mass is 430 g/mol. The van der Waals surface area contributed by atoms with Gasteiger partial charge in [0.15, 0.2) is 5.65 Å². The summed E-state index contributed by atoms with van der Waals surface area (Å²) in [4.78, 5) is 21.3. The van der Waals surface area contributed by atoms with Gasteiger partial charge in [0.25, 0.3) is 0 Å². The van der Waals surface area contributed by atoms with Crippen LogP contribution in [0.25, 0.3) is 5.65 Å². The van der Waals surface area contributed by atoms with Gasteiger partial charge in [0.1, 0.15) is 34.1 Å². The van der Waals surface area contributed by atoms with Gasteiger partial charge in [-0.1, -0.05) is 12.2 Å². The van der Waals surface area contributed by atoms with E-state index in [0.29, 0.717) is 28.4 Å². The molecule has 8 nitrogen and oxygen atoms in total. The predicted molar refractivity (Wildman–Crippen MR) is 111 cm³/mol. The third-order valence-electron chi connectivity index (χ3n) is 3.49. The van der Waals surface area contributed by atoms with Gasteiger partial charge < -0.3 is 15.0 Å². The van der Waals surface area contributed by atoms with Crippen molar-refractivity contribution >= 4 is 42.7 Å². The van der Waals surface area contributed by atoms with Crippen LogP contribution in [0.15, 0.2) is 54.1 Å². The Labute approximate surface area is 175 Å². The Kier molecular flexibility index (Phi) is 6.52. The lowest BCUT2D eigenvalue weighted by molar-refractivity contribution is -0.105. The third-order valence-corrected chi connectivity index (χ3v) is 3.97. The fourth-order valence-corrected chi connectivity index (χ4v) is 2.96. The molecule has 0 radical (unpaired) electrons. The van der Waals surface area contributed by atoms with Gasteiger partial charge in [-0.05, 0) is 30.7 Å². The molecular weight excluding hydrogens is 415 g/mol. The highest BCUT2D eigenvalue weighted by atomic mass is 32.1. The molecule has 0 aliphatic carbocycles. The second kappa shape index (κ2) is 9.26. The lowest BCUT2D eigenvalue weighted by atomic mass is 10.3. The molecule has 0 bridgehead atoms. The molecule has 0 aliphatic rings. The molecule has 0 atom stereocenters. The molecule has 4 heterocycles. The largest absolute Gasteiger partial charge is 0.454 e. The van der Waals surface area contributed by atoms with Crippen molar-refractivity contribution in [3.05, 3.63) is 65.2 Å². The maximum Gasteiger partial charge on any atom is 0.212 e. The minimum Gasteiger partial charge on any atom is -0.454 e. The van der Waals surface area contributed by atoms with Gasteiger partial charge >= 0.3 is 0 Å². The number of aromatic amines is 1. The lowest BCUT2D eigenvalue weighted by Crippen LogP contribution is -1.96. The van der Waals surface area contributed by atoms with Crippen LogP contribution in [0.1, 0.15) is 5.56 Å². The molecule has 4 aromatic rings. The summed E-state index contributed by atoms with van der Waals surface area (Å²) >= 11 is 8.91. The Morgan fingerprint density at radius 2 is 2.10 bits per heavy atom. The SMILES string of the molecule is Cc1cc(Oc2cncc(F)c2)cn2ncnc12.O=CNc1cc(S)cc(=S)[nH]1. The Morgan fingerprint density at radius 3 is 2.83 bits per heavy atom. The Morgan fingerprint density at radius 1 is 1.28 bits per heavy atom. The summed E-state index contributed by atoms with van der Waals surface area (Å²) in [7, 11) is 0. The molecule has 0 spiro atoms. The van der Waals surface area contributed by atoms with Crippen LogP contribution in [0.5, 0.6) is 11.5 Å². The summed E-state index contributed by atoms with van der Waals surface area (Å²) in [5, 5.41) is 6.47. The highest BCUT2D eigenvalue weighted by Crippen LogP contribution is 2.23. The van der Waals surface area contributed by atoms with Crippen LogP contribution in [0.3, 0.4) is 0 Å². The standard InChI is InChI=1S/C12H9FN4O.C6H6N2OS2/c1-8-2-11(6-17-12(8)15-7-16-17)18-10-3-9(13)4-14-5-10;9-3-7-5-1-4(10)2-6(11)8-5/h2-7H,1H3;1-3H,(H3,7,8,9,10,11). The maximum atomic E-state index is 13.0. The van der Waals surface area contributed by atoms with Gasteiger partial charge in [-0.25, -0.2) is 13.9 Å². The van der Waals surface area contributed by atoms with E-state index in [1.807, 2.05) is 13.0 Å². The van der Waals surface area contributed by atoms with E-state index in [2.05, 4.69) is 38.0 Å². The topological polar surface area (TPSA) is 97.2 Å². The predicted octanol–water partition coefficient (Wildman–Crippen LogP) is 3.97. The van der Waals surface area contributed by atoms with E-state index in [9.17, 15) is 9.18 Å². The summed E-state index contributed by atoms with van der Waals surface area (Å²) in [5.74, 6) is 1.01. The van der Waals surface area contributed by atoms with Crippen molar-refractivity contribution in [3.63, 3.8) is 0 Å². The maximum absolute atomic E-state index is 13.0. The van der Waals surface area contributed by atoms with Gasteiger partial charge in [-0.3, -0.25) is 9.78 Å². The molecule has 0 aromatic carbocycles. The molecule has 2 N–H and O–H groups in total. The average molecular weight is 430 g/mol. The van der Waals surface area contributed by atoms with Crippen molar-refractivity contribution in [2.75, 3.05) is 5.32 Å². The number of hydrogen-bond donors (Lipinski definition) is 3. The molecule has 1 amide bonds. The molecule has 0 fully saturated rings. The van der Waals surface area contributed by atoms with Gasteiger partial charge in [0, 0.05) is 11.0 Å². The van der Waals surface area contributed by atoms with Crippen LogP contribution in [-0.4, -0.2) is 31.0 Å². The number of fused-ring (bicyclic) bond motifs is 1. The summed E-state index contributed by atoms with van der Waals surface area (Å²) in [5.41, 5.74) is 1.69. The number of halogens is 1. The van der Waals surface area contributed by atoms with Crippen molar-refractivity contribution in [1.82, 2.24) is 24.6 Å². The first kappa shape index (κ1) is 20.4. The molecule has 148 valence electrons. The quantitative estimate of drug-likeness (QED) is 0.258. The van der Waals surface area contributed by atoms with E-state index in [-0.39, 0.29) is 0 Å². The smallest absolute Gasteiger partial charge is 0.212 e. The van der Waals surface area contributed by atoms with Gasteiger partial charge in [-0.15, -0.1) is 12.6 Å². The van der Waals surface area contributed by atoms with Gasteiger partial charge in [-0.2, -0.15) is 5.10 Å². The Bertz CT molecular complexity index is 1210. The summed E-state index contributed by atoms with van der Waals surface area (Å²) in [6, 6.07) is 6.45. The summed E-state index contributed by atoms with van der Waals surface area (Å²) in [6.45, 7) is 1.90. The number of thiol groups is 1. The van der Waals surface area contributed by atoms with Crippen molar-refractivity contribution in [3.8, 4) is 11.5 Å². The number of aromatic nitrogens is 5. The number of hydrogen-bond acceptors (Lipinski definition) is 7. The number of H-pyrrole nitrogens is 1. The van der Waals surface area contributed by atoms with Crippen LogP contribution in [0.2, 0.25) is 0 Å². The van der Waals surface area contributed by atoms with Crippen LogP contribution in [-0.2, 0) is 4.79 Å². The Balaban J connectivity index is 0.000000188. The minimum absolute atomic E-state index is 0.342. The minimum atomic E-state index is -0.439. The summed E-state index contributed by atoms with van der Waals surface area (Å²) in [6.07, 6.45) is 6.30. The van der Waals surface area contributed by atoms with Crippen molar-refractivity contribution in [1.29, 1.82) is 0 Å². The van der Waals surface area contributed by atoms with Crippen molar-refractivity contribution in [2.45, 2.75) is 11.8 Å². The molecular formula is C18H15FN6O2S2. The van der Waals surface area contributed by atoms with E-state index in [4.69, 9.17) is 17.0 Å². The van der Waals surface area contributed by atoms with Gasteiger partial charge in [0.05, 0.1) is 18.6 Å². The van der Waals surface area contributed by atoms with E-state index in [0.717, 1.165) is 22.3 Å². The number of rotatable bonds is 4. The van der Waals surface area contributed by atoms with Gasteiger partial charge in [0.2, 0.25) is 6.41 Å². The second-order valence-corrected chi connectivity index (χ2v) is 6.66.